The molecule has 0 atom stereocenters. The summed E-state index contributed by atoms with van der Waals surface area (Å²) < 4.78 is 48.8. The lowest BCUT2D eigenvalue weighted by Crippen LogP contribution is -2.36. The summed E-state index contributed by atoms with van der Waals surface area (Å²) in [5.74, 6) is -3.43. The molecule has 0 spiro atoms. The first-order valence-corrected chi connectivity index (χ1v) is 8.42. The molecular formula is C14H22F2N2O2S. The molecule has 1 aromatic carbocycles. The van der Waals surface area contributed by atoms with Gasteiger partial charge in [-0.05, 0) is 36.9 Å². The van der Waals surface area contributed by atoms with Gasteiger partial charge in [0.1, 0.15) is 0 Å². The summed E-state index contributed by atoms with van der Waals surface area (Å²) in [6.07, 6.45) is 1.63. The first-order valence-electron chi connectivity index (χ1n) is 6.88. The molecule has 0 fully saturated rings. The SMILES string of the molecule is CCC(CC)(CN)CNc1ccccc1S(=O)(=O)C(F)F. The molecular weight excluding hydrogens is 298 g/mol. The molecule has 0 aliphatic carbocycles. The molecule has 4 nitrogen and oxygen atoms in total. The fourth-order valence-corrected chi connectivity index (χ4v) is 3.01. The van der Waals surface area contributed by atoms with E-state index < -0.39 is 15.6 Å². The smallest absolute Gasteiger partial charge is 0.341 e. The number of anilines is 1. The number of halogens is 2. The Morgan fingerprint density at radius 2 is 1.81 bits per heavy atom. The molecule has 7 heteroatoms. The molecule has 0 bridgehead atoms. The lowest BCUT2D eigenvalue weighted by Gasteiger charge is -2.31. The zero-order chi connectivity index (χ0) is 16.1. The van der Waals surface area contributed by atoms with Crippen LogP contribution < -0.4 is 11.1 Å². The van der Waals surface area contributed by atoms with E-state index in [1.165, 1.54) is 18.2 Å². The summed E-state index contributed by atoms with van der Waals surface area (Å²) in [7, 11) is -4.62. The highest BCUT2D eigenvalue weighted by atomic mass is 32.2. The van der Waals surface area contributed by atoms with Crippen molar-refractivity contribution in [3.05, 3.63) is 24.3 Å². The molecule has 1 rings (SSSR count). The van der Waals surface area contributed by atoms with E-state index in [2.05, 4.69) is 5.32 Å². The fraction of sp³-hybridized carbons (Fsp3) is 0.571. The molecule has 0 aliphatic rings. The van der Waals surface area contributed by atoms with Crippen LogP contribution in [0.25, 0.3) is 0 Å². The van der Waals surface area contributed by atoms with E-state index in [4.69, 9.17) is 5.73 Å². The number of hydrogen-bond acceptors (Lipinski definition) is 4. The second-order valence-corrected chi connectivity index (χ2v) is 6.95. The standard InChI is InChI=1S/C14H22F2N2O2S/c1-3-14(4-2,9-17)10-18-11-7-5-6-8-12(11)21(19,20)13(15)16/h5-8,13,18H,3-4,9-10,17H2,1-2H3. The lowest BCUT2D eigenvalue weighted by molar-refractivity contribution is 0.235. The fourth-order valence-electron chi connectivity index (χ4n) is 2.10. The first-order chi connectivity index (χ1) is 9.83. The summed E-state index contributed by atoms with van der Waals surface area (Å²) >= 11 is 0. The van der Waals surface area contributed by atoms with Gasteiger partial charge in [0.15, 0.2) is 0 Å². The highest BCUT2D eigenvalue weighted by molar-refractivity contribution is 7.91. The Balaban J connectivity index is 3.06. The van der Waals surface area contributed by atoms with Gasteiger partial charge >= 0.3 is 5.76 Å². The highest BCUT2D eigenvalue weighted by Gasteiger charge is 2.30. The van der Waals surface area contributed by atoms with Crippen LogP contribution in [0.15, 0.2) is 29.2 Å². The normalized spacial score (nSPS) is 12.7. The van der Waals surface area contributed by atoms with Crippen LogP contribution in [0.3, 0.4) is 0 Å². The number of rotatable bonds is 8. The van der Waals surface area contributed by atoms with Gasteiger partial charge in [-0.15, -0.1) is 0 Å². The van der Waals surface area contributed by atoms with E-state index in [1.807, 2.05) is 13.8 Å². The Bertz CT molecular complexity index is 550. The monoisotopic (exact) mass is 320 g/mol. The van der Waals surface area contributed by atoms with Crippen molar-refractivity contribution < 1.29 is 17.2 Å². The lowest BCUT2D eigenvalue weighted by atomic mass is 9.82. The number of sulfone groups is 1. The van der Waals surface area contributed by atoms with Gasteiger partial charge in [-0.3, -0.25) is 0 Å². The molecule has 21 heavy (non-hydrogen) atoms. The predicted octanol–water partition coefficient (Wildman–Crippen LogP) is 2.86. The molecule has 1 aromatic rings. The van der Waals surface area contributed by atoms with Gasteiger partial charge in [0.25, 0.3) is 0 Å². The summed E-state index contributed by atoms with van der Waals surface area (Å²) in [6.45, 7) is 4.88. The molecule has 0 saturated carbocycles. The van der Waals surface area contributed by atoms with E-state index >= 15 is 0 Å². The quantitative estimate of drug-likeness (QED) is 0.772. The minimum atomic E-state index is -4.62. The maximum absolute atomic E-state index is 12.7. The third-order valence-electron chi connectivity index (χ3n) is 4.02. The van der Waals surface area contributed by atoms with E-state index in [1.54, 1.807) is 6.07 Å². The Kier molecular flexibility index (Phi) is 6.10. The molecule has 0 amide bonds. The summed E-state index contributed by atoms with van der Waals surface area (Å²) in [4.78, 5) is -0.377. The molecule has 3 N–H and O–H groups in total. The average molecular weight is 320 g/mol. The van der Waals surface area contributed by atoms with E-state index in [0.717, 1.165) is 12.8 Å². The number of para-hydroxylation sites is 1. The van der Waals surface area contributed by atoms with Crippen molar-refractivity contribution in [3.63, 3.8) is 0 Å². The minimum Gasteiger partial charge on any atom is -0.383 e. The van der Waals surface area contributed by atoms with Crippen molar-refractivity contribution in [2.75, 3.05) is 18.4 Å². The number of alkyl halides is 2. The first kappa shape index (κ1) is 17.8. The summed E-state index contributed by atoms with van der Waals surface area (Å²) in [5, 5.41) is 2.98. The van der Waals surface area contributed by atoms with E-state index in [0.29, 0.717) is 13.1 Å². The van der Waals surface area contributed by atoms with Crippen LogP contribution in [-0.2, 0) is 9.84 Å². The molecule has 0 aliphatic heterocycles. The zero-order valence-electron chi connectivity index (χ0n) is 12.3. The number of benzene rings is 1. The van der Waals surface area contributed by atoms with Crippen LogP contribution in [0.4, 0.5) is 14.5 Å². The second-order valence-electron chi connectivity index (χ2n) is 5.07. The van der Waals surface area contributed by atoms with Gasteiger partial charge in [0, 0.05) is 6.54 Å². The van der Waals surface area contributed by atoms with Crippen LogP contribution in [0.2, 0.25) is 0 Å². The molecule has 0 unspecified atom stereocenters. The van der Waals surface area contributed by atoms with Crippen molar-refractivity contribution >= 4 is 15.5 Å². The van der Waals surface area contributed by atoms with Gasteiger partial charge in [-0.25, -0.2) is 8.42 Å². The number of nitrogens with one attached hydrogen (secondary N) is 1. The van der Waals surface area contributed by atoms with E-state index in [9.17, 15) is 17.2 Å². The largest absolute Gasteiger partial charge is 0.383 e. The van der Waals surface area contributed by atoms with Gasteiger partial charge in [0.2, 0.25) is 9.84 Å². The maximum Gasteiger partial charge on any atom is 0.341 e. The van der Waals surface area contributed by atoms with E-state index in [-0.39, 0.29) is 16.0 Å². The zero-order valence-corrected chi connectivity index (χ0v) is 13.1. The van der Waals surface area contributed by atoms with Crippen molar-refractivity contribution in [2.45, 2.75) is 37.3 Å². The van der Waals surface area contributed by atoms with Gasteiger partial charge in [-0.2, -0.15) is 8.78 Å². The van der Waals surface area contributed by atoms with Crippen LogP contribution >= 0.6 is 0 Å². The average Bonchev–Trinajstić information content (AvgIpc) is 2.49. The predicted molar refractivity (Wildman–Crippen MR) is 80.2 cm³/mol. The number of hydrogen-bond donors (Lipinski definition) is 2. The van der Waals surface area contributed by atoms with Crippen molar-refractivity contribution in [3.8, 4) is 0 Å². The topological polar surface area (TPSA) is 72.2 Å². The Morgan fingerprint density at radius 3 is 2.29 bits per heavy atom. The Labute approximate surface area is 124 Å². The van der Waals surface area contributed by atoms with Crippen molar-refractivity contribution in [1.82, 2.24) is 0 Å². The number of nitrogens with two attached hydrogens (primary N) is 1. The second kappa shape index (κ2) is 7.17. The maximum atomic E-state index is 12.7. The molecule has 0 radical (unpaired) electrons. The third-order valence-corrected chi connectivity index (χ3v) is 5.45. The van der Waals surface area contributed by atoms with Gasteiger partial charge in [0.05, 0.1) is 10.6 Å². The van der Waals surface area contributed by atoms with Crippen molar-refractivity contribution in [2.24, 2.45) is 11.1 Å². The minimum absolute atomic E-state index is 0.179. The Morgan fingerprint density at radius 1 is 1.24 bits per heavy atom. The van der Waals surface area contributed by atoms with Crippen LogP contribution in [0.1, 0.15) is 26.7 Å². The summed E-state index contributed by atoms with van der Waals surface area (Å²) in [5.41, 5.74) is 5.80. The van der Waals surface area contributed by atoms with Crippen molar-refractivity contribution in [1.29, 1.82) is 0 Å². The molecule has 0 heterocycles. The van der Waals surface area contributed by atoms with Gasteiger partial charge < -0.3 is 11.1 Å². The van der Waals surface area contributed by atoms with Crippen LogP contribution in [-0.4, -0.2) is 27.3 Å². The van der Waals surface area contributed by atoms with Crippen LogP contribution in [0.5, 0.6) is 0 Å². The molecule has 0 saturated heterocycles. The van der Waals surface area contributed by atoms with Crippen LogP contribution in [0, 0.1) is 5.41 Å². The Hall–Kier alpha value is -1.21. The van der Waals surface area contributed by atoms with Gasteiger partial charge in [-0.1, -0.05) is 26.0 Å². The molecule has 120 valence electrons. The third kappa shape index (κ3) is 3.91. The highest BCUT2D eigenvalue weighted by Crippen LogP contribution is 2.29. The molecule has 0 aromatic heterocycles. The summed E-state index contributed by atoms with van der Waals surface area (Å²) in [6, 6.07) is 5.71.